The molecule has 5 heteroatoms. The highest BCUT2D eigenvalue weighted by Crippen LogP contribution is 2.32. The van der Waals surface area contributed by atoms with Crippen LogP contribution in [-0.2, 0) is 17.8 Å². The molecule has 1 atom stereocenters. The molecule has 2 aromatic carbocycles. The molecule has 1 saturated heterocycles. The van der Waals surface area contributed by atoms with E-state index < -0.39 is 0 Å². The van der Waals surface area contributed by atoms with Crippen LogP contribution in [-0.4, -0.2) is 30.2 Å². The quantitative estimate of drug-likeness (QED) is 0.846. The van der Waals surface area contributed by atoms with Crippen molar-refractivity contribution < 1.29 is 13.9 Å². The van der Waals surface area contributed by atoms with Crippen molar-refractivity contribution in [2.75, 3.05) is 18.1 Å². The first-order chi connectivity index (χ1) is 11.7. The highest BCUT2D eigenvalue weighted by Gasteiger charge is 2.37. The maximum absolute atomic E-state index is 13.8. The lowest BCUT2D eigenvalue weighted by atomic mass is 10.0. The smallest absolute Gasteiger partial charge is 0.414 e. The molecule has 0 saturated carbocycles. The molecule has 2 heterocycles. The Morgan fingerprint density at radius 2 is 2.00 bits per heavy atom. The third kappa shape index (κ3) is 2.87. The second-order valence-corrected chi connectivity index (χ2v) is 6.36. The van der Waals surface area contributed by atoms with E-state index in [-0.39, 0.29) is 18.0 Å². The van der Waals surface area contributed by atoms with E-state index in [1.165, 1.54) is 17.7 Å². The molecule has 24 heavy (non-hydrogen) atoms. The minimum Gasteiger partial charge on any atom is -0.447 e. The van der Waals surface area contributed by atoms with E-state index in [1.54, 1.807) is 11.0 Å². The molecule has 4 nitrogen and oxygen atoms in total. The van der Waals surface area contributed by atoms with E-state index in [0.29, 0.717) is 18.8 Å². The summed E-state index contributed by atoms with van der Waals surface area (Å²) in [6, 6.07) is 14.9. The average Bonchev–Trinajstić information content (AvgIpc) is 2.94. The lowest BCUT2D eigenvalue weighted by molar-refractivity contribution is 0.177. The molecule has 2 aliphatic heterocycles. The number of carbonyl (C=O) groups excluding carboxylic acids is 1. The summed E-state index contributed by atoms with van der Waals surface area (Å²) in [5.41, 5.74) is 2.84. The van der Waals surface area contributed by atoms with Crippen LogP contribution in [0.1, 0.15) is 17.5 Å². The first-order valence-electron chi connectivity index (χ1n) is 8.21. The average molecular weight is 326 g/mol. The first kappa shape index (κ1) is 15.1. The van der Waals surface area contributed by atoms with Gasteiger partial charge in [0.05, 0.1) is 11.7 Å². The van der Waals surface area contributed by atoms with E-state index in [2.05, 4.69) is 17.0 Å². The molecule has 2 aliphatic rings. The molecule has 124 valence electrons. The van der Waals surface area contributed by atoms with Gasteiger partial charge < -0.3 is 4.74 Å². The summed E-state index contributed by atoms with van der Waals surface area (Å²) in [5.74, 6) is -0.331. The maximum atomic E-state index is 13.8. The Hall–Kier alpha value is -2.40. The van der Waals surface area contributed by atoms with Crippen LogP contribution in [0.15, 0.2) is 48.5 Å². The summed E-state index contributed by atoms with van der Waals surface area (Å²) in [6.45, 7) is 2.75. The van der Waals surface area contributed by atoms with Gasteiger partial charge in [-0.15, -0.1) is 0 Å². The summed E-state index contributed by atoms with van der Waals surface area (Å²) in [5, 5.41) is 0. The SMILES string of the molecule is O=C1OC[C@@H]2CCN(Cc3ccccc3)Cc3ccc(F)cc3N12. The van der Waals surface area contributed by atoms with Crippen molar-refractivity contribution in [2.45, 2.75) is 25.6 Å². The van der Waals surface area contributed by atoms with Gasteiger partial charge in [-0.05, 0) is 29.7 Å². The Bertz CT molecular complexity index is 750. The van der Waals surface area contributed by atoms with Gasteiger partial charge in [0, 0.05) is 19.6 Å². The van der Waals surface area contributed by atoms with E-state index in [4.69, 9.17) is 4.74 Å². The summed E-state index contributed by atoms with van der Waals surface area (Å²) in [4.78, 5) is 16.1. The van der Waals surface area contributed by atoms with Gasteiger partial charge in [-0.3, -0.25) is 9.80 Å². The number of ether oxygens (including phenoxy) is 1. The Morgan fingerprint density at radius 3 is 2.83 bits per heavy atom. The summed E-state index contributed by atoms with van der Waals surface area (Å²) >= 11 is 0. The van der Waals surface area contributed by atoms with Crippen molar-refractivity contribution in [3.63, 3.8) is 0 Å². The lowest BCUT2D eigenvalue weighted by Crippen LogP contribution is -2.40. The van der Waals surface area contributed by atoms with Gasteiger partial charge in [0.1, 0.15) is 12.4 Å². The number of nitrogens with zero attached hydrogens (tertiary/aromatic N) is 2. The molecular formula is C19H19FN2O2. The Balaban J connectivity index is 1.66. The van der Waals surface area contributed by atoms with Crippen molar-refractivity contribution in [3.05, 3.63) is 65.5 Å². The lowest BCUT2D eigenvalue weighted by Gasteiger charge is -2.32. The number of anilines is 1. The van der Waals surface area contributed by atoms with Gasteiger partial charge in [0.15, 0.2) is 0 Å². The molecule has 4 rings (SSSR count). The highest BCUT2D eigenvalue weighted by atomic mass is 19.1. The van der Waals surface area contributed by atoms with Crippen molar-refractivity contribution in [1.82, 2.24) is 4.90 Å². The van der Waals surface area contributed by atoms with Crippen LogP contribution in [0, 0.1) is 5.82 Å². The molecule has 0 N–H and O–H groups in total. The zero-order valence-corrected chi connectivity index (χ0v) is 13.3. The maximum Gasteiger partial charge on any atom is 0.414 e. The van der Waals surface area contributed by atoms with Gasteiger partial charge in [0.2, 0.25) is 0 Å². The van der Waals surface area contributed by atoms with Crippen molar-refractivity contribution in [2.24, 2.45) is 0 Å². The number of fused-ring (bicyclic) bond motifs is 3. The van der Waals surface area contributed by atoms with Gasteiger partial charge in [0.25, 0.3) is 0 Å². The molecule has 0 bridgehead atoms. The van der Waals surface area contributed by atoms with Gasteiger partial charge >= 0.3 is 6.09 Å². The third-order valence-electron chi connectivity index (χ3n) is 4.69. The molecular weight excluding hydrogens is 307 g/mol. The number of cyclic esters (lactones) is 1. The van der Waals surface area contributed by atoms with Crippen molar-refractivity contribution >= 4 is 11.8 Å². The topological polar surface area (TPSA) is 32.8 Å². The Kier molecular flexibility index (Phi) is 3.94. The van der Waals surface area contributed by atoms with Crippen molar-refractivity contribution in [1.29, 1.82) is 0 Å². The highest BCUT2D eigenvalue weighted by molar-refractivity contribution is 5.91. The second kappa shape index (κ2) is 6.24. The molecule has 0 aliphatic carbocycles. The van der Waals surface area contributed by atoms with Crippen LogP contribution in [0.25, 0.3) is 0 Å². The molecule has 0 unspecified atom stereocenters. The summed E-state index contributed by atoms with van der Waals surface area (Å²) in [6.07, 6.45) is 0.442. The number of amides is 1. The largest absolute Gasteiger partial charge is 0.447 e. The Labute approximate surface area is 140 Å². The predicted molar refractivity (Wildman–Crippen MR) is 89.2 cm³/mol. The van der Waals surface area contributed by atoms with Crippen LogP contribution in [0.3, 0.4) is 0 Å². The fourth-order valence-corrected chi connectivity index (χ4v) is 3.49. The zero-order chi connectivity index (χ0) is 16.5. The van der Waals surface area contributed by atoms with Crippen molar-refractivity contribution in [3.8, 4) is 0 Å². The predicted octanol–water partition coefficient (Wildman–Crippen LogP) is 3.56. The van der Waals surface area contributed by atoms with E-state index in [1.807, 2.05) is 18.2 Å². The molecule has 1 amide bonds. The number of carbonyl (C=O) groups is 1. The molecule has 0 radical (unpaired) electrons. The second-order valence-electron chi connectivity index (χ2n) is 6.36. The van der Waals surface area contributed by atoms with Gasteiger partial charge in [-0.1, -0.05) is 36.4 Å². The van der Waals surface area contributed by atoms with Crippen LogP contribution in [0.5, 0.6) is 0 Å². The van der Waals surface area contributed by atoms with Crippen LogP contribution < -0.4 is 4.90 Å². The minimum atomic E-state index is -0.372. The van der Waals surface area contributed by atoms with E-state index in [9.17, 15) is 9.18 Å². The monoisotopic (exact) mass is 326 g/mol. The third-order valence-corrected chi connectivity index (χ3v) is 4.69. The molecule has 0 aromatic heterocycles. The zero-order valence-electron chi connectivity index (χ0n) is 13.3. The number of benzene rings is 2. The van der Waals surface area contributed by atoms with Gasteiger partial charge in [-0.25, -0.2) is 9.18 Å². The number of rotatable bonds is 2. The van der Waals surface area contributed by atoms with Crippen LogP contribution >= 0.6 is 0 Å². The van der Waals surface area contributed by atoms with E-state index >= 15 is 0 Å². The fraction of sp³-hybridized carbons (Fsp3) is 0.316. The molecule has 1 fully saturated rings. The van der Waals surface area contributed by atoms with E-state index in [0.717, 1.165) is 25.1 Å². The van der Waals surface area contributed by atoms with Gasteiger partial charge in [-0.2, -0.15) is 0 Å². The normalized spacial score (nSPS) is 20.8. The Morgan fingerprint density at radius 1 is 1.17 bits per heavy atom. The number of hydrogen-bond acceptors (Lipinski definition) is 3. The summed E-state index contributed by atoms with van der Waals surface area (Å²) in [7, 11) is 0. The molecule has 2 aromatic rings. The summed E-state index contributed by atoms with van der Waals surface area (Å²) < 4.78 is 19.0. The minimum absolute atomic E-state index is 0.0309. The van der Waals surface area contributed by atoms with Crippen LogP contribution in [0.2, 0.25) is 0 Å². The molecule has 0 spiro atoms. The van der Waals surface area contributed by atoms with Crippen LogP contribution in [0.4, 0.5) is 14.9 Å². The standard InChI is InChI=1S/C19H19FN2O2/c20-16-7-6-15-12-21(11-14-4-2-1-3-5-14)9-8-17-13-24-19(23)22(17)18(15)10-16/h1-7,10,17H,8-9,11-13H2/t17-/m0/s1. The number of halogens is 1. The fourth-order valence-electron chi connectivity index (χ4n) is 3.49. The first-order valence-corrected chi connectivity index (χ1v) is 8.21. The number of hydrogen-bond donors (Lipinski definition) is 0.